The number of aromatic nitrogens is 2. The predicted molar refractivity (Wildman–Crippen MR) is 84.4 cm³/mol. The molecule has 0 saturated carbocycles. The van der Waals surface area contributed by atoms with Crippen LogP contribution in [0.4, 0.5) is 0 Å². The number of halogens is 1. The molecule has 1 aliphatic heterocycles. The average Bonchev–Trinajstić information content (AvgIpc) is 3.00. The van der Waals surface area contributed by atoms with Crippen LogP contribution in [-0.2, 0) is 4.74 Å². The van der Waals surface area contributed by atoms with Gasteiger partial charge in [-0.1, -0.05) is 16.8 Å². The molecule has 24 heavy (non-hydrogen) atoms. The van der Waals surface area contributed by atoms with Crippen molar-refractivity contribution in [1.82, 2.24) is 15.0 Å². The molecule has 7 nitrogen and oxygen atoms in total. The Bertz CT molecular complexity index is 814. The van der Waals surface area contributed by atoms with Crippen molar-refractivity contribution in [3.8, 4) is 6.07 Å². The molecule has 8 heteroatoms. The maximum atomic E-state index is 12.8. The molecule has 0 bridgehead atoms. The minimum absolute atomic E-state index is 0.196. The number of nitrogens with zero attached hydrogens (tertiary/aromatic N) is 4. The van der Waals surface area contributed by atoms with E-state index in [0.29, 0.717) is 34.4 Å². The predicted octanol–water partition coefficient (Wildman–Crippen LogP) is 2.51. The van der Waals surface area contributed by atoms with Gasteiger partial charge in [0, 0.05) is 6.54 Å². The van der Waals surface area contributed by atoms with E-state index in [1.807, 2.05) is 13.0 Å². The quantitative estimate of drug-likeness (QED) is 0.829. The molecule has 3 rings (SSSR count). The Morgan fingerprint density at radius 3 is 2.92 bits per heavy atom. The molecule has 1 saturated heterocycles. The first kappa shape index (κ1) is 16.4. The van der Waals surface area contributed by atoms with Crippen LogP contribution in [0.5, 0.6) is 0 Å². The van der Waals surface area contributed by atoms with E-state index < -0.39 is 6.10 Å². The smallest absolute Gasteiger partial charge is 0.257 e. The SMILES string of the molecule is Cc1noc([C@H]2CN(C(=O)c3cc(C#N)ccc3Cl)C[C@@H](C)O2)n1. The second-order valence-electron chi connectivity index (χ2n) is 5.63. The van der Waals surface area contributed by atoms with Crippen molar-refractivity contribution in [3.05, 3.63) is 46.1 Å². The number of benzene rings is 1. The van der Waals surface area contributed by atoms with E-state index in [9.17, 15) is 4.79 Å². The Balaban J connectivity index is 1.85. The fourth-order valence-corrected chi connectivity index (χ4v) is 2.83. The number of aryl methyl sites for hydroxylation is 1. The summed E-state index contributed by atoms with van der Waals surface area (Å²) in [4.78, 5) is 18.6. The molecule has 0 spiro atoms. The van der Waals surface area contributed by atoms with E-state index in [4.69, 9.17) is 26.1 Å². The van der Waals surface area contributed by atoms with Gasteiger partial charge in [-0.25, -0.2) is 0 Å². The highest BCUT2D eigenvalue weighted by Crippen LogP contribution is 2.27. The second-order valence-corrected chi connectivity index (χ2v) is 6.04. The van der Waals surface area contributed by atoms with Gasteiger partial charge < -0.3 is 14.2 Å². The molecule has 1 aromatic heterocycles. The molecule has 2 heterocycles. The Kier molecular flexibility index (Phi) is 4.51. The zero-order valence-electron chi connectivity index (χ0n) is 13.2. The zero-order chi connectivity index (χ0) is 17.3. The fourth-order valence-electron chi connectivity index (χ4n) is 2.63. The van der Waals surface area contributed by atoms with E-state index in [0.717, 1.165) is 0 Å². The van der Waals surface area contributed by atoms with Gasteiger partial charge in [0.1, 0.15) is 0 Å². The van der Waals surface area contributed by atoms with Crippen molar-refractivity contribution in [3.63, 3.8) is 0 Å². The molecule has 2 atom stereocenters. The topological polar surface area (TPSA) is 92.2 Å². The monoisotopic (exact) mass is 346 g/mol. The van der Waals surface area contributed by atoms with Crippen molar-refractivity contribution < 1.29 is 14.1 Å². The van der Waals surface area contributed by atoms with E-state index >= 15 is 0 Å². The van der Waals surface area contributed by atoms with Gasteiger partial charge in [0.15, 0.2) is 11.9 Å². The lowest BCUT2D eigenvalue weighted by molar-refractivity contribution is -0.0810. The summed E-state index contributed by atoms with van der Waals surface area (Å²) in [5.74, 6) is 0.594. The molecular weight excluding hydrogens is 332 g/mol. The summed E-state index contributed by atoms with van der Waals surface area (Å²) in [6.45, 7) is 4.27. The van der Waals surface area contributed by atoms with Crippen LogP contribution in [0.25, 0.3) is 0 Å². The molecule has 0 aliphatic carbocycles. The molecule has 1 amide bonds. The van der Waals surface area contributed by atoms with Crippen molar-refractivity contribution in [2.45, 2.75) is 26.1 Å². The number of carbonyl (C=O) groups excluding carboxylic acids is 1. The third-order valence-electron chi connectivity index (χ3n) is 3.69. The summed E-state index contributed by atoms with van der Waals surface area (Å²) in [7, 11) is 0. The van der Waals surface area contributed by atoms with Gasteiger partial charge in [-0.2, -0.15) is 10.2 Å². The van der Waals surface area contributed by atoms with Crippen LogP contribution in [0, 0.1) is 18.3 Å². The third kappa shape index (κ3) is 3.25. The van der Waals surface area contributed by atoms with E-state index in [1.165, 1.54) is 6.07 Å². The second kappa shape index (κ2) is 6.59. The average molecular weight is 347 g/mol. The van der Waals surface area contributed by atoms with Crippen LogP contribution in [0.2, 0.25) is 5.02 Å². The Morgan fingerprint density at radius 1 is 1.46 bits per heavy atom. The first-order chi connectivity index (χ1) is 11.5. The maximum Gasteiger partial charge on any atom is 0.257 e. The molecule has 1 fully saturated rings. The first-order valence-corrected chi connectivity index (χ1v) is 7.80. The lowest BCUT2D eigenvalue weighted by Crippen LogP contribution is -2.46. The minimum atomic E-state index is -0.489. The van der Waals surface area contributed by atoms with E-state index in [-0.39, 0.29) is 18.6 Å². The van der Waals surface area contributed by atoms with Crippen molar-refractivity contribution in [1.29, 1.82) is 5.26 Å². The molecule has 0 radical (unpaired) electrons. The van der Waals surface area contributed by atoms with Gasteiger partial charge in [0.25, 0.3) is 11.8 Å². The lowest BCUT2D eigenvalue weighted by Gasteiger charge is -2.35. The van der Waals surface area contributed by atoms with E-state index in [1.54, 1.807) is 24.0 Å². The van der Waals surface area contributed by atoms with Crippen molar-refractivity contribution in [2.75, 3.05) is 13.1 Å². The molecule has 1 aromatic carbocycles. The highest BCUT2D eigenvalue weighted by molar-refractivity contribution is 6.33. The summed E-state index contributed by atoms with van der Waals surface area (Å²) in [5, 5.41) is 13.1. The third-order valence-corrected chi connectivity index (χ3v) is 4.02. The van der Waals surface area contributed by atoms with Gasteiger partial charge in [-0.15, -0.1) is 0 Å². The zero-order valence-corrected chi connectivity index (χ0v) is 13.9. The number of nitriles is 1. The van der Waals surface area contributed by atoms with Crippen LogP contribution >= 0.6 is 11.6 Å². The van der Waals surface area contributed by atoms with Gasteiger partial charge in [-0.3, -0.25) is 4.79 Å². The van der Waals surface area contributed by atoms with Crippen LogP contribution in [0.15, 0.2) is 22.7 Å². The van der Waals surface area contributed by atoms with E-state index in [2.05, 4.69) is 10.1 Å². The van der Waals surface area contributed by atoms with Crippen LogP contribution < -0.4 is 0 Å². The number of carbonyl (C=O) groups is 1. The summed E-state index contributed by atoms with van der Waals surface area (Å²) >= 11 is 6.13. The first-order valence-electron chi connectivity index (χ1n) is 7.42. The number of amides is 1. The summed E-state index contributed by atoms with van der Waals surface area (Å²) in [5.41, 5.74) is 0.679. The van der Waals surface area contributed by atoms with Crippen molar-refractivity contribution >= 4 is 17.5 Å². The van der Waals surface area contributed by atoms with Crippen LogP contribution in [-0.4, -0.2) is 40.1 Å². The van der Waals surface area contributed by atoms with Crippen LogP contribution in [0.3, 0.4) is 0 Å². The molecule has 2 aromatic rings. The summed E-state index contributed by atoms with van der Waals surface area (Å²) < 4.78 is 11.0. The highest BCUT2D eigenvalue weighted by atomic mass is 35.5. The number of morpholine rings is 1. The normalized spacial score (nSPS) is 20.7. The number of hydrogen-bond donors (Lipinski definition) is 0. The number of rotatable bonds is 2. The van der Waals surface area contributed by atoms with Gasteiger partial charge in [0.2, 0.25) is 0 Å². The summed E-state index contributed by atoms with van der Waals surface area (Å²) in [6.07, 6.45) is -0.686. The maximum absolute atomic E-state index is 12.8. The Morgan fingerprint density at radius 2 is 2.25 bits per heavy atom. The summed E-state index contributed by atoms with van der Waals surface area (Å²) in [6, 6.07) is 6.63. The number of hydrogen-bond acceptors (Lipinski definition) is 6. The van der Waals surface area contributed by atoms with Crippen LogP contribution in [0.1, 0.15) is 40.7 Å². The largest absolute Gasteiger partial charge is 0.362 e. The molecule has 0 unspecified atom stereocenters. The minimum Gasteiger partial charge on any atom is -0.362 e. The van der Waals surface area contributed by atoms with Gasteiger partial charge >= 0.3 is 0 Å². The molecule has 1 aliphatic rings. The highest BCUT2D eigenvalue weighted by Gasteiger charge is 2.33. The molecular formula is C16H15ClN4O3. The molecule has 124 valence electrons. The van der Waals surface area contributed by atoms with Gasteiger partial charge in [0.05, 0.1) is 34.9 Å². The standard InChI is InChI=1S/C16H15ClN4O3/c1-9-7-21(8-14(23-9)15-19-10(2)20-24-15)16(22)12-5-11(6-18)3-4-13(12)17/h3-5,9,14H,7-8H2,1-2H3/t9-,14-/m1/s1. The van der Waals surface area contributed by atoms with Gasteiger partial charge in [-0.05, 0) is 32.0 Å². The Hall–Kier alpha value is -2.43. The Labute approximate surface area is 143 Å². The lowest BCUT2D eigenvalue weighted by atomic mass is 10.1. The van der Waals surface area contributed by atoms with Crippen molar-refractivity contribution in [2.24, 2.45) is 0 Å². The number of ether oxygens (including phenoxy) is 1. The molecule has 0 N–H and O–H groups in total. The fraction of sp³-hybridized carbons (Fsp3) is 0.375.